The fourth-order valence-corrected chi connectivity index (χ4v) is 4.52. The fourth-order valence-electron chi connectivity index (χ4n) is 4.52. The van der Waals surface area contributed by atoms with Gasteiger partial charge in [-0.1, -0.05) is 50.5 Å². The van der Waals surface area contributed by atoms with Crippen molar-refractivity contribution in [3.05, 3.63) is 35.4 Å². The molecule has 2 amide bonds. The molecule has 0 bridgehead atoms. The minimum atomic E-state index is -0.0373. The average molecular weight is 371 g/mol. The molecule has 0 aromatic heterocycles. The summed E-state index contributed by atoms with van der Waals surface area (Å²) in [5.41, 5.74) is 2.75. The highest BCUT2D eigenvalue weighted by atomic mass is 16.2. The van der Waals surface area contributed by atoms with E-state index in [2.05, 4.69) is 36.5 Å². The van der Waals surface area contributed by atoms with Gasteiger partial charge in [0.15, 0.2) is 0 Å². The van der Waals surface area contributed by atoms with Gasteiger partial charge in [-0.2, -0.15) is 0 Å². The van der Waals surface area contributed by atoms with E-state index in [-0.39, 0.29) is 17.7 Å². The quantitative estimate of drug-likeness (QED) is 0.702. The van der Waals surface area contributed by atoms with Crippen molar-refractivity contribution in [1.29, 1.82) is 0 Å². The summed E-state index contributed by atoms with van der Waals surface area (Å²) in [6.45, 7) is 4.35. The molecule has 1 saturated heterocycles. The Bertz CT molecular complexity index is 643. The number of carbonyl (C=O) groups excluding carboxylic acids is 2. The molecule has 0 saturated carbocycles. The molecule has 148 valence electrons. The average Bonchev–Trinajstić information content (AvgIpc) is 3.10. The van der Waals surface area contributed by atoms with Gasteiger partial charge in [0, 0.05) is 26.1 Å². The molecule has 3 rings (SSSR count). The van der Waals surface area contributed by atoms with Crippen LogP contribution >= 0.6 is 0 Å². The highest BCUT2D eigenvalue weighted by molar-refractivity contribution is 5.81. The summed E-state index contributed by atoms with van der Waals surface area (Å²) in [5, 5.41) is 3.08. The zero-order valence-corrected chi connectivity index (χ0v) is 16.7. The zero-order chi connectivity index (χ0) is 19.1. The summed E-state index contributed by atoms with van der Waals surface area (Å²) < 4.78 is 0. The van der Waals surface area contributed by atoms with E-state index in [1.54, 1.807) is 0 Å². The number of unbranched alkanes of at least 4 members (excludes halogenated alkanes) is 3. The molecule has 1 fully saturated rings. The maximum Gasteiger partial charge on any atom is 0.224 e. The van der Waals surface area contributed by atoms with E-state index in [0.29, 0.717) is 18.9 Å². The molecule has 27 heavy (non-hydrogen) atoms. The third-order valence-corrected chi connectivity index (χ3v) is 6.15. The van der Waals surface area contributed by atoms with E-state index < -0.39 is 0 Å². The SMILES string of the molecule is CCCCCCNC(=O)C1CCCN(C(=O)CC2CCc3ccccc32)C1. The first-order valence-electron chi connectivity index (χ1n) is 10.8. The van der Waals surface area contributed by atoms with E-state index >= 15 is 0 Å². The second kappa shape index (κ2) is 9.91. The van der Waals surface area contributed by atoms with Crippen LogP contribution in [0.3, 0.4) is 0 Å². The van der Waals surface area contributed by atoms with Gasteiger partial charge in [-0.05, 0) is 49.1 Å². The summed E-state index contributed by atoms with van der Waals surface area (Å²) in [5.74, 6) is 0.665. The second-order valence-corrected chi connectivity index (χ2v) is 8.17. The van der Waals surface area contributed by atoms with Crippen molar-refractivity contribution in [3.8, 4) is 0 Å². The maximum absolute atomic E-state index is 12.9. The predicted molar refractivity (Wildman–Crippen MR) is 109 cm³/mol. The van der Waals surface area contributed by atoms with E-state index in [9.17, 15) is 9.59 Å². The fraction of sp³-hybridized carbons (Fsp3) is 0.652. The minimum absolute atomic E-state index is 0.0373. The Morgan fingerprint density at radius 2 is 2.00 bits per heavy atom. The molecule has 2 unspecified atom stereocenters. The van der Waals surface area contributed by atoms with Gasteiger partial charge in [-0.3, -0.25) is 9.59 Å². The molecular formula is C23H34N2O2. The molecule has 4 heteroatoms. The van der Waals surface area contributed by atoms with Gasteiger partial charge in [0.05, 0.1) is 5.92 Å². The number of nitrogens with one attached hydrogen (secondary N) is 1. The molecule has 0 radical (unpaired) electrons. The highest BCUT2D eigenvalue weighted by Crippen LogP contribution is 2.35. The van der Waals surface area contributed by atoms with Crippen LogP contribution in [0.5, 0.6) is 0 Å². The van der Waals surface area contributed by atoms with Crippen LogP contribution in [0, 0.1) is 5.92 Å². The zero-order valence-electron chi connectivity index (χ0n) is 16.7. The Kier molecular flexibility index (Phi) is 7.31. The molecule has 2 aliphatic rings. The van der Waals surface area contributed by atoms with Gasteiger partial charge >= 0.3 is 0 Å². The van der Waals surface area contributed by atoms with E-state index in [0.717, 1.165) is 45.2 Å². The van der Waals surface area contributed by atoms with Gasteiger partial charge in [0.2, 0.25) is 11.8 Å². The monoisotopic (exact) mass is 370 g/mol. The first kappa shape index (κ1) is 19.9. The van der Waals surface area contributed by atoms with Crippen molar-refractivity contribution in [2.75, 3.05) is 19.6 Å². The van der Waals surface area contributed by atoms with E-state index in [1.807, 2.05) is 4.90 Å². The molecular weight excluding hydrogens is 336 g/mol. The van der Waals surface area contributed by atoms with Crippen LogP contribution in [0.25, 0.3) is 0 Å². The highest BCUT2D eigenvalue weighted by Gasteiger charge is 2.31. The minimum Gasteiger partial charge on any atom is -0.356 e. The van der Waals surface area contributed by atoms with Gasteiger partial charge in [0.1, 0.15) is 0 Å². The van der Waals surface area contributed by atoms with Crippen molar-refractivity contribution in [2.45, 2.75) is 70.6 Å². The van der Waals surface area contributed by atoms with Gasteiger partial charge in [-0.15, -0.1) is 0 Å². The summed E-state index contributed by atoms with van der Waals surface area (Å²) in [6.07, 6.45) is 9.23. The van der Waals surface area contributed by atoms with Crippen LogP contribution in [-0.2, 0) is 16.0 Å². The van der Waals surface area contributed by atoms with E-state index in [1.165, 1.54) is 30.4 Å². The van der Waals surface area contributed by atoms with Crippen LogP contribution in [0.1, 0.15) is 75.3 Å². The molecule has 1 aromatic carbocycles. The van der Waals surface area contributed by atoms with E-state index in [4.69, 9.17) is 0 Å². The first-order valence-corrected chi connectivity index (χ1v) is 10.8. The topological polar surface area (TPSA) is 49.4 Å². The second-order valence-electron chi connectivity index (χ2n) is 8.17. The lowest BCUT2D eigenvalue weighted by molar-refractivity contribution is -0.136. The number of piperidine rings is 1. The first-order chi connectivity index (χ1) is 13.2. The number of fused-ring (bicyclic) bond motifs is 1. The third kappa shape index (κ3) is 5.33. The van der Waals surface area contributed by atoms with Crippen LogP contribution < -0.4 is 5.32 Å². The molecule has 1 aliphatic heterocycles. The molecule has 1 N–H and O–H groups in total. The normalized spacial score (nSPS) is 21.7. The number of likely N-dealkylation sites (tertiary alicyclic amines) is 1. The molecule has 2 atom stereocenters. The smallest absolute Gasteiger partial charge is 0.224 e. The van der Waals surface area contributed by atoms with Crippen molar-refractivity contribution in [1.82, 2.24) is 10.2 Å². The van der Waals surface area contributed by atoms with Gasteiger partial charge in [0.25, 0.3) is 0 Å². The molecule has 4 nitrogen and oxygen atoms in total. The Balaban J connectivity index is 1.46. The Hall–Kier alpha value is -1.84. The largest absolute Gasteiger partial charge is 0.356 e. The van der Waals surface area contributed by atoms with Crippen molar-refractivity contribution < 1.29 is 9.59 Å². The lowest BCUT2D eigenvalue weighted by Gasteiger charge is -2.33. The Labute approximate surface area is 163 Å². The lowest BCUT2D eigenvalue weighted by Crippen LogP contribution is -2.45. The van der Waals surface area contributed by atoms with Crippen molar-refractivity contribution in [3.63, 3.8) is 0 Å². The summed E-state index contributed by atoms with van der Waals surface area (Å²) in [7, 11) is 0. The van der Waals surface area contributed by atoms with Crippen LogP contribution in [0.2, 0.25) is 0 Å². The number of benzene rings is 1. The number of rotatable bonds is 8. The number of nitrogens with zero attached hydrogens (tertiary/aromatic N) is 1. The van der Waals surface area contributed by atoms with Gasteiger partial charge in [-0.25, -0.2) is 0 Å². The summed E-state index contributed by atoms with van der Waals surface area (Å²) in [4.78, 5) is 27.3. The molecule has 1 aliphatic carbocycles. The molecule has 1 heterocycles. The van der Waals surface area contributed by atoms with Crippen LogP contribution in [0.4, 0.5) is 0 Å². The summed E-state index contributed by atoms with van der Waals surface area (Å²) in [6, 6.07) is 8.51. The maximum atomic E-state index is 12.9. The number of amides is 2. The van der Waals surface area contributed by atoms with Crippen molar-refractivity contribution >= 4 is 11.8 Å². The Morgan fingerprint density at radius 1 is 1.15 bits per heavy atom. The third-order valence-electron chi connectivity index (χ3n) is 6.15. The molecule has 1 aromatic rings. The summed E-state index contributed by atoms with van der Waals surface area (Å²) >= 11 is 0. The lowest BCUT2D eigenvalue weighted by atomic mass is 9.94. The van der Waals surface area contributed by atoms with Crippen LogP contribution in [0.15, 0.2) is 24.3 Å². The Morgan fingerprint density at radius 3 is 2.85 bits per heavy atom. The standard InChI is InChI=1S/C23H34N2O2/c1-2-3-4-7-14-24-23(27)20-10-8-15-25(17-20)22(26)16-19-13-12-18-9-5-6-11-21(18)19/h5-6,9,11,19-20H,2-4,7-8,10,12-17H2,1H3,(H,24,27). The number of aryl methyl sites for hydroxylation is 1. The number of hydrogen-bond acceptors (Lipinski definition) is 2. The van der Waals surface area contributed by atoms with Crippen molar-refractivity contribution in [2.24, 2.45) is 5.92 Å². The van der Waals surface area contributed by atoms with Crippen LogP contribution in [-0.4, -0.2) is 36.3 Å². The number of carbonyl (C=O) groups is 2. The number of hydrogen-bond donors (Lipinski definition) is 1. The van der Waals surface area contributed by atoms with Gasteiger partial charge < -0.3 is 10.2 Å². The molecule has 0 spiro atoms. The predicted octanol–water partition coefficient (Wildman–Crippen LogP) is 4.04.